The summed E-state index contributed by atoms with van der Waals surface area (Å²) in [6.45, 7) is 0.303. The Bertz CT molecular complexity index is 1110. The lowest BCUT2D eigenvalue weighted by atomic mass is 10.00. The first-order valence-electron chi connectivity index (χ1n) is 8.81. The third kappa shape index (κ3) is 3.91. The molecule has 4 rings (SSSR count). The SMILES string of the molecule is O=C(c1ccncc1Oc1ccc(Cl)cc1Cl)N1CCCc2cc(F)cc(F)c21. The molecule has 2 heterocycles. The predicted molar refractivity (Wildman–Crippen MR) is 107 cm³/mol. The lowest BCUT2D eigenvalue weighted by molar-refractivity contribution is 0.0981. The average molecular weight is 435 g/mol. The molecule has 0 radical (unpaired) electrons. The summed E-state index contributed by atoms with van der Waals surface area (Å²) in [6.07, 6.45) is 3.90. The topological polar surface area (TPSA) is 42.4 Å². The smallest absolute Gasteiger partial charge is 0.262 e. The van der Waals surface area contributed by atoms with E-state index in [-0.39, 0.29) is 22.0 Å². The summed E-state index contributed by atoms with van der Waals surface area (Å²) in [5.41, 5.74) is 0.733. The van der Waals surface area contributed by atoms with Crippen LogP contribution in [-0.2, 0) is 6.42 Å². The van der Waals surface area contributed by atoms with E-state index in [2.05, 4.69) is 4.98 Å². The molecule has 29 heavy (non-hydrogen) atoms. The summed E-state index contributed by atoms with van der Waals surface area (Å²) in [4.78, 5) is 18.6. The van der Waals surface area contributed by atoms with Crippen molar-refractivity contribution in [3.8, 4) is 11.5 Å². The molecule has 0 spiro atoms. The van der Waals surface area contributed by atoms with E-state index in [0.29, 0.717) is 35.7 Å². The number of rotatable bonds is 3. The first-order valence-corrected chi connectivity index (χ1v) is 9.56. The van der Waals surface area contributed by atoms with Gasteiger partial charge in [-0.25, -0.2) is 8.78 Å². The lowest BCUT2D eigenvalue weighted by Crippen LogP contribution is -2.36. The molecule has 1 aliphatic heterocycles. The van der Waals surface area contributed by atoms with Crippen molar-refractivity contribution in [3.05, 3.63) is 81.6 Å². The third-order valence-electron chi connectivity index (χ3n) is 4.58. The Labute approximate surface area is 175 Å². The fourth-order valence-electron chi connectivity index (χ4n) is 3.31. The van der Waals surface area contributed by atoms with Crippen molar-refractivity contribution < 1.29 is 18.3 Å². The Morgan fingerprint density at radius 2 is 1.93 bits per heavy atom. The minimum Gasteiger partial charge on any atom is -0.453 e. The maximum Gasteiger partial charge on any atom is 0.262 e. The molecule has 1 amide bonds. The fourth-order valence-corrected chi connectivity index (χ4v) is 3.76. The van der Waals surface area contributed by atoms with Crippen LogP contribution in [0.3, 0.4) is 0 Å². The molecule has 1 aliphatic rings. The number of hydrogen-bond acceptors (Lipinski definition) is 3. The summed E-state index contributed by atoms with van der Waals surface area (Å²) in [5.74, 6) is -1.45. The van der Waals surface area contributed by atoms with Crippen LogP contribution in [0.15, 0.2) is 48.8 Å². The highest BCUT2D eigenvalue weighted by atomic mass is 35.5. The Balaban J connectivity index is 1.71. The second-order valence-electron chi connectivity index (χ2n) is 6.50. The highest BCUT2D eigenvalue weighted by Crippen LogP contribution is 2.36. The van der Waals surface area contributed by atoms with Gasteiger partial charge in [0.15, 0.2) is 5.75 Å². The first-order chi connectivity index (χ1) is 13.9. The molecule has 3 aromatic rings. The number of nitrogens with zero attached hydrogens (tertiary/aromatic N) is 2. The maximum atomic E-state index is 14.5. The van der Waals surface area contributed by atoms with Crippen molar-refractivity contribution in [1.82, 2.24) is 4.98 Å². The van der Waals surface area contributed by atoms with Gasteiger partial charge in [-0.05, 0) is 48.7 Å². The van der Waals surface area contributed by atoms with Crippen molar-refractivity contribution in [2.45, 2.75) is 12.8 Å². The average Bonchev–Trinajstić information content (AvgIpc) is 2.69. The van der Waals surface area contributed by atoms with E-state index in [1.165, 1.54) is 35.5 Å². The number of aryl methyl sites for hydroxylation is 1. The molecule has 0 N–H and O–H groups in total. The molecule has 0 aliphatic carbocycles. The Kier molecular flexibility index (Phi) is 5.39. The third-order valence-corrected chi connectivity index (χ3v) is 5.11. The lowest BCUT2D eigenvalue weighted by Gasteiger charge is -2.30. The monoisotopic (exact) mass is 434 g/mol. The molecule has 0 bridgehead atoms. The van der Waals surface area contributed by atoms with Gasteiger partial charge in [0.1, 0.15) is 17.4 Å². The number of fused-ring (bicyclic) bond motifs is 1. The van der Waals surface area contributed by atoms with Gasteiger partial charge in [0.2, 0.25) is 0 Å². The van der Waals surface area contributed by atoms with E-state index in [9.17, 15) is 13.6 Å². The van der Waals surface area contributed by atoms with Gasteiger partial charge in [-0.15, -0.1) is 0 Å². The van der Waals surface area contributed by atoms with Gasteiger partial charge in [0.25, 0.3) is 5.91 Å². The zero-order valence-corrected chi connectivity index (χ0v) is 16.5. The summed E-state index contributed by atoms with van der Waals surface area (Å²) < 4.78 is 33.9. The van der Waals surface area contributed by atoms with E-state index in [1.807, 2.05) is 0 Å². The number of pyridine rings is 1. The minimum absolute atomic E-state index is 0.0925. The zero-order chi connectivity index (χ0) is 20.5. The number of amides is 1. The van der Waals surface area contributed by atoms with Crippen LogP contribution in [0.4, 0.5) is 14.5 Å². The van der Waals surface area contributed by atoms with Crippen molar-refractivity contribution >= 4 is 34.8 Å². The number of aromatic nitrogens is 1. The Morgan fingerprint density at radius 3 is 2.72 bits per heavy atom. The maximum absolute atomic E-state index is 14.5. The number of carbonyl (C=O) groups is 1. The van der Waals surface area contributed by atoms with E-state index in [1.54, 1.807) is 12.1 Å². The number of carbonyl (C=O) groups excluding carboxylic acids is 1. The number of hydrogen-bond donors (Lipinski definition) is 0. The van der Waals surface area contributed by atoms with Gasteiger partial charge >= 0.3 is 0 Å². The molecule has 8 heteroatoms. The number of ether oxygens (including phenoxy) is 1. The van der Waals surface area contributed by atoms with Gasteiger partial charge in [0.05, 0.1) is 22.5 Å². The van der Waals surface area contributed by atoms with Crippen LogP contribution < -0.4 is 9.64 Å². The van der Waals surface area contributed by atoms with Crippen LogP contribution in [0.2, 0.25) is 10.0 Å². The molecule has 148 valence electrons. The molecule has 2 aromatic carbocycles. The van der Waals surface area contributed by atoms with Crippen LogP contribution in [0.25, 0.3) is 0 Å². The highest BCUT2D eigenvalue weighted by Gasteiger charge is 2.29. The number of anilines is 1. The Morgan fingerprint density at radius 1 is 1.10 bits per heavy atom. The van der Waals surface area contributed by atoms with E-state index in [0.717, 1.165) is 6.07 Å². The molecule has 0 unspecified atom stereocenters. The summed E-state index contributed by atoms with van der Waals surface area (Å²) >= 11 is 12.1. The molecule has 0 fully saturated rings. The van der Waals surface area contributed by atoms with Crippen molar-refractivity contribution in [1.29, 1.82) is 0 Å². The van der Waals surface area contributed by atoms with Gasteiger partial charge < -0.3 is 9.64 Å². The number of benzene rings is 2. The highest BCUT2D eigenvalue weighted by molar-refractivity contribution is 6.35. The van der Waals surface area contributed by atoms with Gasteiger partial charge in [0, 0.05) is 23.8 Å². The second-order valence-corrected chi connectivity index (χ2v) is 7.35. The van der Waals surface area contributed by atoms with E-state index < -0.39 is 17.5 Å². The molecule has 0 saturated heterocycles. The van der Waals surface area contributed by atoms with E-state index >= 15 is 0 Å². The molecule has 0 atom stereocenters. The van der Waals surface area contributed by atoms with Crippen LogP contribution in [0, 0.1) is 11.6 Å². The summed E-state index contributed by atoms with van der Waals surface area (Å²) in [5, 5.41) is 0.710. The molecular formula is C21H14Cl2F2N2O2. The van der Waals surface area contributed by atoms with E-state index in [4.69, 9.17) is 27.9 Å². The fraction of sp³-hybridized carbons (Fsp3) is 0.143. The normalized spacial score (nSPS) is 13.2. The molecule has 0 saturated carbocycles. The number of halogens is 4. The second kappa shape index (κ2) is 7.97. The standard InChI is InChI=1S/C21H14Cl2F2N2O2/c22-13-3-4-18(16(23)9-13)29-19-11-26-6-5-15(19)21(28)27-7-1-2-12-8-14(24)10-17(25)20(12)27/h3-6,8-11H,1-2,7H2. The zero-order valence-electron chi connectivity index (χ0n) is 15.0. The largest absolute Gasteiger partial charge is 0.453 e. The molecular weight excluding hydrogens is 421 g/mol. The van der Waals surface area contributed by atoms with Gasteiger partial charge in [-0.1, -0.05) is 23.2 Å². The quantitative estimate of drug-likeness (QED) is 0.503. The van der Waals surface area contributed by atoms with Crippen LogP contribution in [0.1, 0.15) is 22.3 Å². The van der Waals surface area contributed by atoms with Crippen LogP contribution in [0.5, 0.6) is 11.5 Å². The first kappa shape index (κ1) is 19.6. The molecule has 4 nitrogen and oxygen atoms in total. The summed E-state index contributed by atoms with van der Waals surface area (Å²) in [7, 11) is 0. The molecule has 1 aromatic heterocycles. The van der Waals surface area contributed by atoms with Crippen LogP contribution >= 0.6 is 23.2 Å². The van der Waals surface area contributed by atoms with Gasteiger partial charge in [-0.3, -0.25) is 9.78 Å². The van der Waals surface area contributed by atoms with Crippen molar-refractivity contribution in [2.75, 3.05) is 11.4 Å². The summed E-state index contributed by atoms with van der Waals surface area (Å²) in [6, 6.07) is 8.21. The predicted octanol–water partition coefficient (Wildman–Crippen LogP) is 6.05. The van der Waals surface area contributed by atoms with Crippen molar-refractivity contribution in [3.63, 3.8) is 0 Å². The van der Waals surface area contributed by atoms with Crippen molar-refractivity contribution in [2.24, 2.45) is 0 Å². The Hall–Kier alpha value is -2.70. The minimum atomic E-state index is -0.773. The van der Waals surface area contributed by atoms with Gasteiger partial charge in [-0.2, -0.15) is 0 Å². The van der Waals surface area contributed by atoms with Crippen LogP contribution in [-0.4, -0.2) is 17.4 Å².